The molecule has 0 fully saturated rings. The topological polar surface area (TPSA) is 49.3 Å². The van der Waals surface area contributed by atoms with Gasteiger partial charge in [0.1, 0.15) is 5.82 Å². The molecule has 0 heterocycles. The van der Waals surface area contributed by atoms with Crippen LogP contribution in [0.4, 0.5) is 4.39 Å². The maximum absolute atomic E-state index is 13.6. The van der Waals surface area contributed by atoms with Gasteiger partial charge in [-0.25, -0.2) is 4.39 Å². The molecule has 0 aromatic heterocycles. The fourth-order valence-corrected chi connectivity index (χ4v) is 1.77. The van der Waals surface area contributed by atoms with Crippen molar-refractivity contribution in [3.8, 4) is 0 Å². The van der Waals surface area contributed by atoms with Gasteiger partial charge in [-0.1, -0.05) is 25.4 Å². The predicted octanol–water partition coefficient (Wildman–Crippen LogP) is 2.43. The lowest BCUT2D eigenvalue weighted by Gasteiger charge is -2.26. The van der Waals surface area contributed by atoms with E-state index in [-0.39, 0.29) is 12.4 Å². The van der Waals surface area contributed by atoms with E-state index in [1.807, 2.05) is 13.8 Å². The van der Waals surface area contributed by atoms with Crippen molar-refractivity contribution in [3.05, 3.63) is 34.6 Å². The zero-order valence-electron chi connectivity index (χ0n) is 9.76. The quantitative estimate of drug-likeness (QED) is 0.854. The van der Waals surface area contributed by atoms with E-state index >= 15 is 0 Å². The van der Waals surface area contributed by atoms with E-state index in [1.54, 1.807) is 6.07 Å². The average molecular weight is 260 g/mol. The minimum absolute atomic E-state index is 0.147. The van der Waals surface area contributed by atoms with Crippen molar-refractivity contribution in [1.29, 1.82) is 0 Å². The van der Waals surface area contributed by atoms with Gasteiger partial charge in [-0.15, -0.1) is 0 Å². The SMILES string of the molecule is CC(C)(CNCC(=O)O)c1cc(Cl)ccc1F. The summed E-state index contributed by atoms with van der Waals surface area (Å²) in [7, 11) is 0. The third kappa shape index (κ3) is 3.98. The van der Waals surface area contributed by atoms with Crippen molar-refractivity contribution < 1.29 is 14.3 Å². The number of carboxylic acid groups (broad SMARTS) is 1. The number of aliphatic carboxylic acids is 1. The third-order valence-electron chi connectivity index (χ3n) is 2.50. The van der Waals surface area contributed by atoms with E-state index in [1.165, 1.54) is 12.1 Å². The Kier molecular flexibility index (Phi) is 4.48. The van der Waals surface area contributed by atoms with Gasteiger partial charge in [-0.2, -0.15) is 0 Å². The molecule has 94 valence electrons. The molecule has 1 aromatic carbocycles. The van der Waals surface area contributed by atoms with Crippen LogP contribution in [0.3, 0.4) is 0 Å². The molecule has 0 saturated carbocycles. The number of rotatable bonds is 5. The lowest BCUT2D eigenvalue weighted by molar-refractivity contribution is -0.136. The summed E-state index contributed by atoms with van der Waals surface area (Å²) >= 11 is 5.83. The maximum atomic E-state index is 13.6. The van der Waals surface area contributed by atoms with Crippen LogP contribution < -0.4 is 5.32 Å². The molecule has 0 spiro atoms. The highest BCUT2D eigenvalue weighted by atomic mass is 35.5. The largest absolute Gasteiger partial charge is 0.480 e. The Balaban J connectivity index is 2.81. The second-order valence-electron chi connectivity index (χ2n) is 4.51. The first-order valence-corrected chi connectivity index (χ1v) is 5.59. The van der Waals surface area contributed by atoms with Gasteiger partial charge in [0.25, 0.3) is 0 Å². The first-order valence-electron chi connectivity index (χ1n) is 5.21. The molecular formula is C12H15ClFNO2. The zero-order valence-corrected chi connectivity index (χ0v) is 10.5. The number of carbonyl (C=O) groups is 1. The molecule has 0 saturated heterocycles. The highest BCUT2D eigenvalue weighted by Gasteiger charge is 2.24. The minimum Gasteiger partial charge on any atom is -0.480 e. The van der Waals surface area contributed by atoms with Crippen LogP contribution in [0.5, 0.6) is 0 Å². The molecule has 1 aromatic rings. The van der Waals surface area contributed by atoms with E-state index in [0.29, 0.717) is 17.1 Å². The summed E-state index contributed by atoms with van der Waals surface area (Å²) < 4.78 is 13.6. The number of benzene rings is 1. The van der Waals surface area contributed by atoms with Crippen LogP contribution in [0.25, 0.3) is 0 Å². The van der Waals surface area contributed by atoms with Gasteiger partial charge >= 0.3 is 5.97 Å². The Labute approximate surface area is 105 Å². The van der Waals surface area contributed by atoms with Gasteiger partial charge < -0.3 is 10.4 Å². The summed E-state index contributed by atoms with van der Waals surface area (Å²) in [6, 6.07) is 4.37. The molecule has 0 atom stereocenters. The average Bonchev–Trinajstić information content (AvgIpc) is 2.20. The molecule has 0 radical (unpaired) electrons. The van der Waals surface area contributed by atoms with E-state index in [4.69, 9.17) is 16.7 Å². The summed E-state index contributed by atoms with van der Waals surface area (Å²) in [4.78, 5) is 10.4. The molecule has 17 heavy (non-hydrogen) atoms. The van der Waals surface area contributed by atoms with Crippen molar-refractivity contribution in [3.63, 3.8) is 0 Å². The summed E-state index contributed by atoms with van der Waals surface area (Å²) in [6.07, 6.45) is 0. The molecule has 0 unspecified atom stereocenters. The van der Waals surface area contributed by atoms with Crippen molar-refractivity contribution >= 4 is 17.6 Å². The number of hydrogen-bond acceptors (Lipinski definition) is 2. The van der Waals surface area contributed by atoms with Crippen molar-refractivity contribution in [2.45, 2.75) is 19.3 Å². The van der Waals surface area contributed by atoms with Crippen LogP contribution in [0, 0.1) is 5.82 Å². The Morgan fingerprint density at radius 1 is 1.53 bits per heavy atom. The molecule has 0 bridgehead atoms. The van der Waals surface area contributed by atoms with Gasteiger partial charge in [0.15, 0.2) is 0 Å². The highest BCUT2D eigenvalue weighted by Crippen LogP contribution is 2.27. The van der Waals surface area contributed by atoms with E-state index in [2.05, 4.69) is 5.32 Å². The van der Waals surface area contributed by atoms with Crippen LogP contribution in [0.1, 0.15) is 19.4 Å². The number of halogens is 2. The number of hydrogen-bond donors (Lipinski definition) is 2. The number of nitrogens with one attached hydrogen (secondary N) is 1. The van der Waals surface area contributed by atoms with Crippen molar-refractivity contribution in [1.82, 2.24) is 5.32 Å². The monoisotopic (exact) mass is 259 g/mol. The highest BCUT2D eigenvalue weighted by molar-refractivity contribution is 6.30. The Bertz CT molecular complexity index is 421. The summed E-state index contributed by atoms with van der Waals surface area (Å²) in [5.74, 6) is -1.27. The van der Waals surface area contributed by atoms with Crippen LogP contribution in [0.2, 0.25) is 5.02 Å². The minimum atomic E-state index is -0.938. The second kappa shape index (κ2) is 5.47. The van der Waals surface area contributed by atoms with Crippen LogP contribution in [-0.2, 0) is 10.2 Å². The van der Waals surface area contributed by atoms with Gasteiger partial charge in [0.2, 0.25) is 0 Å². The molecular weight excluding hydrogens is 245 g/mol. The van der Waals surface area contributed by atoms with Gasteiger partial charge in [-0.3, -0.25) is 4.79 Å². The lowest BCUT2D eigenvalue weighted by Crippen LogP contribution is -2.36. The molecule has 2 N–H and O–H groups in total. The normalized spacial score (nSPS) is 11.5. The fourth-order valence-electron chi connectivity index (χ4n) is 1.59. The molecule has 5 heteroatoms. The maximum Gasteiger partial charge on any atom is 0.317 e. The first kappa shape index (κ1) is 13.9. The van der Waals surface area contributed by atoms with Gasteiger partial charge in [0, 0.05) is 17.0 Å². The van der Waals surface area contributed by atoms with Gasteiger partial charge in [-0.05, 0) is 23.8 Å². The van der Waals surface area contributed by atoms with Gasteiger partial charge in [0.05, 0.1) is 6.54 Å². The van der Waals surface area contributed by atoms with Crippen molar-refractivity contribution in [2.75, 3.05) is 13.1 Å². The Hall–Kier alpha value is -1.13. The fraction of sp³-hybridized carbons (Fsp3) is 0.417. The van der Waals surface area contributed by atoms with E-state index < -0.39 is 11.4 Å². The first-order chi connectivity index (χ1) is 7.83. The Morgan fingerprint density at radius 3 is 2.76 bits per heavy atom. The Morgan fingerprint density at radius 2 is 2.18 bits per heavy atom. The van der Waals surface area contributed by atoms with Crippen LogP contribution in [0.15, 0.2) is 18.2 Å². The molecule has 0 aliphatic heterocycles. The zero-order chi connectivity index (χ0) is 13.1. The second-order valence-corrected chi connectivity index (χ2v) is 4.94. The molecule has 0 aliphatic carbocycles. The van der Waals surface area contributed by atoms with E-state index in [0.717, 1.165) is 0 Å². The summed E-state index contributed by atoms with van der Waals surface area (Å²) in [6.45, 7) is 3.87. The van der Waals surface area contributed by atoms with Crippen LogP contribution >= 0.6 is 11.6 Å². The number of carboxylic acids is 1. The van der Waals surface area contributed by atoms with Crippen LogP contribution in [-0.4, -0.2) is 24.2 Å². The molecule has 1 rings (SSSR count). The smallest absolute Gasteiger partial charge is 0.317 e. The van der Waals surface area contributed by atoms with E-state index in [9.17, 15) is 9.18 Å². The summed E-state index contributed by atoms with van der Waals surface area (Å²) in [5, 5.41) is 11.7. The summed E-state index contributed by atoms with van der Waals surface area (Å²) in [5.41, 5.74) is -0.0485. The lowest BCUT2D eigenvalue weighted by atomic mass is 9.84. The predicted molar refractivity (Wildman–Crippen MR) is 64.9 cm³/mol. The third-order valence-corrected chi connectivity index (χ3v) is 2.74. The molecule has 0 amide bonds. The molecule has 0 aliphatic rings. The van der Waals surface area contributed by atoms with Crippen molar-refractivity contribution in [2.24, 2.45) is 0 Å². The molecule has 3 nitrogen and oxygen atoms in total. The standard InChI is InChI=1S/C12H15ClFNO2/c1-12(2,7-15-6-11(16)17)9-5-8(13)3-4-10(9)14/h3-5,15H,6-7H2,1-2H3,(H,16,17).